The number of nitrogens with two attached hydrogens (primary N) is 2. The van der Waals surface area contributed by atoms with Gasteiger partial charge in [-0.2, -0.15) is 0 Å². The Morgan fingerprint density at radius 2 is 1.36 bits per heavy atom. The Morgan fingerprint density at radius 1 is 0.756 bits per heavy atom. The first-order chi connectivity index (χ1) is 21.3. The van der Waals surface area contributed by atoms with Crippen LogP contribution in [0.2, 0.25) is 0 Å². The van der Waals surface area contributed by atoms with Crippen LogP contribution >= 0.6 is 0 Å². The number of aromatic hydroxyl groups is 1. The van der Waals surface area contributed by atoms with E-state index in [0.717, 1.165) is 10.9 Å². The maximum Gasteiger partial charge on any atom is 0.326 e. The Labute approximate surface area is 257 Å². The van der Waals surface area contributed by atoms with E-state index in [4.69, 9.17) is 16.6 Å². The number of para-hydroxylation sites is 1. The number of aromatic nitrogens is 1. The predicted molar refractivity (Wildman–Crippen MR) is 161 cm³/mol. The van der Waals surface area contributed by atoms with E-state index in [9.17, 15) is 39.0 Å². The maximum absolute atomic E-state index is 13.8. The largest absolute Gasteiger partial charge is 0.508 e. The monoisotopic (exact) mass is 624 g/mol. The smallest absolute Gasteiger partial charge is 0.326 e. The van der Waals surface area contributed by atoms with Gasteiger partial charge in [0.25, 0.3) is 0 Å². The molecule has 0 saturated carbocycles. The zero-order chi connectivity index (χ0) is 33.1. The van der Waals surface area contributed by atoms with E-state index in [-0.39, 0.29) is 44.3 Å². The van der Waals surface area contributed by atoms with E-state index in [0.29, 0.717) is 11.1 Å². The molecule has 3 rings (SSSR count). The van der Waals surface area contributed by atoms with Crippen LogP contribution in [0.3, 0.4) is 0 Å². The standard InChI is InChI=1S/C30H36N6O9/c31-20(9-12-26(39)40)27(41)35-24(14-17-15-33-21-4-2-1-3-19(17)21)29(43)36-23(13-16-5-7-18(37)8-6-16)28(42)34-22(30(44)45)10-11-25(32)38/h1-8,15,20,22-24,33,37H,9-14,31H2,(H2,32,38)(H,34,42)(H,35,41)(H,36,43)(H,39,40)(H,44,45). The van der Waals surface area contributed by atoms with Crippen molar-refractivity contribution < 1.29 is 44.1 Å². The van der Waals surface area contributed by atoms with Crippen molar-refractivity contribution in [2.75, 3.05) is 0 Å². The van der Waals surface area contributed by atoms with Crippen molar-refractivity contribution in [3.8, 4) is 5.75 Å². The number of phenolic OH excluding ortho intramolecular Hbond substituents is 1. The first kappa shape index (κ1) is 34.1. The SMILES string of the molecule is NC(=O)CCC(NC(=O)C(Cc1ccc(O)cc1)NC(=O)C(Cc1c[nH]c2ccccc12)NC(=O)C(N)CCC(=O)O)C(=O)O. The van der Waals surface area contributed by atoms with Crippen LogP contribution in [0, 0.1) is 0 Å². The highest BCUT2D eigenvalue weighted by atomic mass is 16.4. The number of carbonyl (C=O) groups is 6. The van der Waals surface area contributed by atoms with Gasteiger partial charge in [-0.15, -0.1) is 0 Å². The summed E-state index contributed by atoms with van der Waals surface area (Å²) >= 11 is 0. The van der Waals surface area contributed by atoms with E-state index in [1.807, 2.05) is 18.2 Å². The van der Waals surface area contributed by atoms with Crippen LogP contribution in [0.5, 0.6) is 5.75 Å². The molecule has 0 spiro atoms. The number of fused-ring (bicyclic) bond motifs is 1. The lowest BCUT2D eigenvalue weighted by Crippen LogP contribution is -2.58. The molecule has 0 aliphatic carbocycles. The summed E-state index contributed by atoms with van der Waals surface area (Å²) in [5, 5.41) is 36.5. The number of primary amides is 1. The molecule has 0 bridgehead atoms. The van der Waals surface area contributed by atoms with Gasteiger partial charge in [0, 0.05) is 42.8 Å². The molecule has 3 aromatic rings. The van der Waals surface area contributed by atoms with Crippen molar-refractivity contribution in [1.82, 2.24) is 20.9 Å². The van der Waals surface area contributed by atoms with Gasteiger partial charge in [-0.1, -0.05) is 30.3 Å². The second-order valence-corrected chi connectivity index (χ2v) is 10.5. The molecule has 15 nitrogen and oxygen atoms in total. The fraction of sp³-hybridized carbons (Fsp3) is 0.333. The number of nitrogens with one attached hydrogen (secondary N) is 4. The number of benzene rings is 2. The van der Waals surface area contributed by atoms with Crippen LogP contribution in [0.1, 0.15) is 36.8 Å². The molecule has 1 heterocycles. The highest BCUT2D eigenvalue weighted by Crippen LogP contribution is 2.20. The molecule has 45 heavy (non-hydrogen) atoms. The summed E-state index contributed by atoms with van der Waals surface area (Å²) < 4.78 is 0. The summed E-state index contributed by atoms with van der Waals surface area (Å²) in [6.45, 7) is 0. The molecule has 0 fully saturated rings. The average molecular weight is 625 g/mol. The van der Waals surface area contributed by atoms with E-state index in [1.165, 1.54) is 24.3 Å². The number of amides is 4. The molecular weight excluding hydrogens is 588 g/mol. The topological polar surface area (TPSA) is 267 Å². The van der Waals surface area contributed by atoms with Crippen LogP contribution in [0.25, 0.3) is 10.9 Å². The van der Waals surface area contributed by atoms with Gasteiger partial charge in [-0.25, -0.2) is 4.79 Å². The number of aliphatic carboxylic acids is 2. The number of H-pyrrole nitrogens is 1. The van der Waals surface area contributed by atoms with Crippen molar-refractivity contribution >= 4 is 46.5 Å². The summed E-state index contributed by atoms with van der Waals surface area (Å²) in [6, 6.07) is 7.64. The Kier molecular flexibility index (Phi) is 12.0. The molecule has 4 atom stereocenters. The molecule has 15 heteroatoms. The Balaban J connectivity index is 1.89. The predicted octanol–water partition coefficient (Wildman–Crippen LogP) is -0.345. The van der Waals surface area contributed by atoms with Crippen LogP contribution < -0.4 is 27.4 Å². The first-order valence-electron chi connectivity index (χ1n) is 14.1. The Morgan fingerprint density at radius 3 is 1.98 bits per heavy atom. The van der Waals surface area contributed by atoms with Gasteiger partial charge in [0.15, 0.2) is 0 Å². The number of rotatable bonds is 17. The molecule has 240 valence electrons. The van der Waals surface area contributed by atoms with Gasteiger partial charge in [-0.05, 0) is 42.2 Å². The molecule has 0 aliphatic rings. The van der Waals surface area contributed by atoms with Crippen molar-refractivity contribution in [3.05, 3.63) is 65.9 Å². The summed E-state index contributed by atoms with van der Waals surface area (Å²) in [4.78, 5) is 77.1. The number of carboxylic acid groups (broad SMARTS) is 2. The van der Waals surface area contributed by atoms with Crippen molar-refractivity contribution in [1.29, 1.82) is 0 Å². The third-order valence-corrected chi connectivity index (χ3v) is 7.04. The van der Waals surface area contributed by atoms with Crippen molar-refractivity contribution in [3.63, 3.8) is 0 Å². The molecule has 1 aromatic heterocycles. The molecule has 0 saturated heterocycles. The molecule has 4 unspecified atom stereocenters. The minimum absolute atomic E-state index is 0.0399. The van der Waals surface area contributed by atoms with Crippen LogP contribution in [0.4, 0.5) is 0 Å². The van der Waals surface area contributed by atoms with E-state index in [1.54, 1.807) is 12.3 Å². The first-order valence-corrected chi connectivity index (χ1v) is 14.1. The Hall–Kier alpha value is -5.44. The van der Waals surface area contributed by atoms with Gasteiger partial charge < -0.3 is 47.7 Å². The number of aromatic amines is 1. The van der Waals surface area contributed by atoms with Gasteiger partial charge in [-0.3, -0.25) is 24.0 Å². The molecule has 2 aromatic carbocycles. The minimum Gasteiger partial charge on any atom is -0.508 e. The minimum atomic E-state index is -1.49. The van der Waals surface area contributed by atoms with Crippen LogP contribution in [0.15, 0.2) is 54.7 Å². The summed E-state index contributed by atoms with van der Waals surface area (Å²) in [7, 11) is 0. The zero-order valence-electron chi connectivity index (χ0n) is 24.2. The molecule has 4 amide bonds. The van der Waals surface area contributed by atoms with Crippen molar-refractivity contribution in [2.45, 2.75) is 62.7 Å². The van der Waals surface area contributed by atoms with Gasteiger partial charge in [0.05, 0.1) is 6.04 Å². The number of phenols is 1. The van der Waals surface area contributed by atoms with Gasteiger partial charge in [0.1, 0.15) is 23.9 Å². The second-order valence-electron chi connectivity index (χ2n) is 10.5. The number of carboxylic acids is 2. The lowest BCUT2D eigenvalue weighted by Gasteiger charge is -2.25. The summed E-state index contributed by atoms with van der Waals surface area (Å²) in [5.41, 5.74) is 13.0. The number of carbonyl (C=O) groups excluding carboxylic acids is 4. The van der Waals surface area contributed by atoms with Crippen LogP contribution in [-0.2, 0) is 41.6 Å². The third kappa shape index (κ3) is 10.4. The van der Waals surface area contributed by atoms with E-state index < -0.39 is 59.7 Å². The van der Waals surface area contributed by atoms with E-state index in [2.05, 4.69) is 20.9 Å². The van der Waals surface area contributed by atoms with Crippen LogP contribution in [-0.4, -0.2) is 80.0 Å². The third-order valence-electron chi connectivity index (χ3n) is 7.04. The number of hydrogen-bond donors (Lipinski definition) is 9. The molecule has 11 N–H and O–H groups in total. The lowest BCUT2D eigenvalue weighted by atomic mass is 10.0. The quantitative estimate of drug-likeness (QED) is 0.0942. The summed E-state index contributed by atoms with van der Waals surface area (Å²) in [5.74, 6) is -5.84. The summed E-state index contributed by atoms with van der Waals surface area (Å²) in [6.07, 6.45) is 0.331. The highest BCUT2D eigenvalue weighted by Gasteiger charge is 2.31. The van der Waals surface area contributed by atoms with Crippen molar-refractivity contribution in [2.24, 2.45) is 11.5 Å². The lowest BCUT2D eigenvalue weighted by molar-refractivity contribution is -0.142. The van der Waals surface area contributed by atoms with E-state index >= 15 is 0 Å². The Bertz CT molecular complexity index is 1540. The fourth-order valence-electron chi connectivity index (χ4n) is 4.58. The second kappa shape index (κ2) is 15.9. The normalized spacial score (nSPS) is 13.6. The molecular formula is C30H36N6O9. The maximum atomic E-state index is 13.8. The molecule has 0 radical (unpaired) electrons. The highest BCUT2D eigenvalue weighted by molar-refractivity contribution is 5.95. The number of hydrogen-bond acceptors (Lipinski definition) is 8. The van der Waals surface area contributed by atoms with Gasteiger partial charge in [0.2, 0.25) is 23.6 Å². The fourth-order valence-corrected chi connectivity index (χ4v) is 4.58. The van der Waals surface area contributed by atoms with Gasteiger partial charge >= 0.3 is 11.9 Å². The average Bonchev–Trinajstić information content (AvgIpc) is 3.40. The molecule has 0 aliphatic heterocycles. The zero-order valence-corrected chi connectivity index (χ0v) is 24.2.